The first-order valence-corrected chi connectivity index (χ1v) is 7.14. The molecule has 1 aromatic carbocycles. The average molecular weight is 315 g/mol. The maximum atomic E-state index is 12.7. The maximum Gasteiger partial charge on any atom is 0.311 e. The van der Waals surface area contributed by atoms with Gasteiger partial charge in [0.05, 0.1) is 11.0 Å². The highest BCUT2D eigenvalue weighted by Crippen LogP contribution is 2.28. The van der Waals surface area contributed by atoms with E-state index < -0.39 is 16.4 Å². The van der Waals surface area contributed by atoms with Gasteiger partial charge in [0, 0.05) is 30.6 Å². The number of hydrogen-bond donors (Lipinski definition) is 1. The Morgan fingerprint density at radius 2 is 2.17 bits per heavy atom. The van der Waals surface area contributed by atoms with Crippen LogP contribution in [0.2, 0.25) is 0 Å². The Balaban J connectivity index is 2.33. The summed E-state index contributed by atoms with van der Waals surface area (Å²) in [6, 6.07) is 7.06. The number of nitro groups is 1. The molecule has 1 atom stereocenters. The van der Waals surface area contributed by atoms with Gasteiger partial charge in [-0.25, -0.2) is 0 Å². The van der Waals surface area contributed by atoms with E-state index in [1.54, 1.807) is 23.4 Å². The first-order valence-electron chi connectivity index (χ1n) is 7.14. The SMILES string of the molecule is CCN(C(=O)c1ccc(O)c([N+](=O)[O-])c1)[C@@H](C)c1cccnc1. The molecule has 1 aromatic heterocycles. The highest BCUT2D eigenvalue weighted by molar-refractivity contribution is 5.95. The van der Waals surface area contributed by atoms with Gasteiger partial charge in [0.1, 0.15) is 0 Å². The van der Waals surface area contributed by atoms with Gasteiger partial charge in [0.15, 0.2) is 5.75 Å². The Kier molecular flexibility index (Phi) is 4.90. The molecule has 2 rings (SSSR count). The number of phenols is 1. The Hall–Kier alpha value is -2.96. The lowest BCUT2D eigenvalue weighted by Crippen LogP contribution is -2.33. The minimum Gasteiger partial charge on any atom is -0.502 e. The van der Waals surface area contributed by atoms with E-state index >= 15 is 0 Å². The summed E-state index contributed by atoms with van der Waals surface area (Å²) in [7, 11) is 0. The van der Waals surface area contributed by atoms with Crippen LogP contribution in [0.15, 0.2) is 42.7 Å². The Morgan fingerprint density at radius 1 is 1.43 bits per heavy atom. The van der Waals surface area contributed by atoms with Gasteiger partial charge >= 0.3 is 5.69 Å². The van der Waals surface area contributed by atoms with Gasteiger partial charge in [-0.2, -0.15) is 0 Å². The molecule has 1 N–H and O–H groups in total. The molecule has 0 aliphatic rings. The number of carbonyl (C=O) groups excluding carboxylic acids is 1. The minimum absolute atomic E-state index is 0.159. The van der Waals surface area contributed by atoms with Crippen LogP contribution in [-0.4, -0.2) is 32.4 Å². The number of nitrogens with zero attached hydrogens (tertiary/aromatic N) is 3. The highest BCUT2D eigenvalue weighted by Gasteiger charge is 2.24. The van der Waals surface area contributed by atoms with Crippen LogP contribution in [0.1, 0.15) is 35.8 Å². The number of rotatable bonds is 5. The van der Waals surface area contributed by atoms with Crippen LogP contribution in [0, 0.1) is 10.1 Å². The van der Waals surface area contributed by atoms with Crippen molar-refractivity contribution in [2.24, 2.45) is 0 Å². The largest absolute Gasteiger partial charge is 0.502 e. The molecule has 1 heterocycles. The molecule has 0 aliphatic carbocycles. The third kappa shape index (κ3) is 3.45. The third-order valence-electron chi connectivity index (χ3n) is 3.65. The third-order valence-corrected chi connectivity index (χ3v) is 3.65. The van der Waals surface area contributed by atoms with Crippen molar-refractivity contribution >= 4 is 11.6 Å². The minimum atomic E-state index is -0.715. The summed E-state index contributed by atoms with van der Waals surface area (Å²) in [6.45, 7) is 4.14. The number of nitro benzene ring substituents is 1. The zero-order valence-electron chi connectivity index (χ0n) is 12.8. The van der Waals surface area contributed by atoms with E-state index in [1.165, 1.54) is 6.07 Å². The molecular weight excluding hydrogens is 298 g/mol. The molecular formula is C16H17N3O4. The van der Waals surface area contributed by atoms with Gasteiger partial charge in [-0.15, -0.1) is 0 Å². The number of hydrogen-bond acceptors (Lipinski definition) is 5. The molecule has 1 amide bonds. The summed E-state index contributed by atoms with van der Waals surface area (Å²) < 4.78 is 0. The quantitative estimate of drug-likeness (QED) is 0.676. The lowest BCUT2D eigenvalue weighted by Gasteiger charge is -2.28. The molecule has 2 aromatic rings. The second-order valence-electron chi connectivity index (χ2n) is 5.01. The van der Waals surface area contributed by atoms with E-state index in [0.717, 1.165) is 17.7 Å². The molecule has 0 spiro atoms. The van der Waals surface area contributed by atoms with Crippen LogP contribution in [0.25, 0.3) is 0 Å². The van der Waals surface area contributed by atoms with Gasteiger partial charge in [-0.05, 0) is 37.6 Å². The monoisotopic (exact) mass is 315 g/mol. The number of carbonyl (C=O) groups is 1. The van der Waals surface area contributed by atoms with Gasteiger partial charge in [0.2, 0.25) is 0 Å². The van der Waals surface area contributed by atoms with Gasteiger partial charge in [0.25, 0.3) is 5.91 Å². The summed E-state index contributed by atoms with van der Waals surface area (Å²) in [5.41, 5.74) is 0.545. The standard InChI is InChI=1S/C16H17N3O4/c1-3-18(11(2)13-5-4-8-17-10-13)16(21)12-6-7-15(20)14(9-12)19(22)23/h4-11,20H,3H2,1-2H3/t11-/m0/s1. The first kappa shape index (κ1) is 16.4. The van der Waals surface area contributed by atoms with E-state index in [4.69, 9.17) is 0 Å². The fraction of sp³-hybridized carbons (Fsp3) is 0.250. The molecule has 23 heavy (non-hydrogen) atoms. The number of aromatic nitrogens is 1. The molecule has 0 fully saturated rings. The van der Waals surface area contributed by atoms with Gasteiger partial charge < -0.3 is 10.0 Å². The van der Waals surface area contributed by atoms with Crippen molar-refractivity contribution in [3.8, 4) is 5.75 Å². The molecule has 7 nitrogen and oxygen atoms in total. The van der Waals surface area contributed by atoms with E-state index in [-0.39, 0.29) is 17.5 Å². The highest BCUT2D eigenvalue weighted by atomic mass is 16.6. The van der Waals surface area contributed by atoms with E-state index in [0.29, 0.717) is 6.54 Å². The van der Waals surface area contributed by atoms with E-state index in [1.807, 2.05) is 19.9 Å². The van der Waals surface area contributed by atoms with E-state index in [9.17, 15) is 20.0 Å². The number of pyridine rings is 1. The second kappa shape index (κ2) is 6.87. The van der Waals surface area contributed by atoms with Crippen molar-refractivity contribution in [2.75, 3.05) is 6.54 Å². The van der Waals surface area contributed by atoms with Crippen LogP contribution in [0.4, 0.5) is 5.69 Å². The van der Waals surface area contributed by atoms with Crippen molar-refractivity contribution in [1.82, 2.24) is 9.88 Å². The zero-order valence-corrected chi connectivity index (χ0v) is 12.8. The van der Waals surface area contributed by atoms with Crippen molar-refractivity contribution in [1.29, 1.82) is 0 Å². The Bertz CT molecular complexity index is 719. The Labute approximate surface area is 133 Å². The number of aromatic hydroxyl groups is 1. The fourth-order valence-electron chi connectivity index (χ4n) is 2.36. The van der Waals surface area contributed by atoms with Crippen LogP contribution >= 0.6 is 0 Å². The fourth-order valence-corrected chi connectivity index (χ4v) is 2.36. The maximum absolute atomic E-state index is 12.7. The van der Waals surface area contributed by atoms with Crippen LogP contribution in [-0.2, 0) is 0 Å². The molecule has 0 saturated carbocycles. The topological polar surface area (TPSA) is 96.6 Å². The number of benzene rings is 1. The predicted molar refractivity (Wildman–Crippen MR) is 84.1 cm³/mol. The summed E-state index contributed by atoms with van der Waals surface area (Å²) in [6.07, 6.45) is 3.33. The summed E-state index contributed by atoms with van der Waals surface area (Å²) in [5.74, 6) is -0.804. The molecule has 0 saturated heterocycles. The van der Waals surface area contributed by atoms with E-state index in [2.05, 4.69) is 4.98 Å². The summed E-state index contributed by atoms with van der Waals surface area (Å²) >= 11 is 0. The number of amides is 1. The molecule has 0 unspecified atom stereocenters. The van der Waals surface area contributed by atoms with Crippen molar-refractivity contribution in [3.63, 3.8) is 0 Å². The van der Waals surface area contributed by atoms with Crippen molar-refractivity contribution in [2.45, 2.75) is 19.9 Å². The van der Waals surface area contributed by atoms with Crippen LogP contribution < -0.4 is 0 Å². The molecule has 120 valence electrons. The zero-order chi connectivity index (χ0) is 17.0. The Morgan fingerprint density at radius 3 is 2.74 bits per heavy atom. The van der Waals surface area contributed by atoms with Crippen LogP contribution in [0.3, 0.4) is 0 Å². The first-order chi connectivity index (χ1) is 11.0. The molecule has 7 heteroatoms. The molecule has 0 bridgehead atoms. The van der Waals surface area contributed by atoms with Gasteiger partial charge in [-0.3, -0.25) is 19.9 Å². The summed E-state index contributed by atoms with van der Waals surface area (Å²) in [5, 5.41) is 20.4. The number of phenolic OH excluding ortho intramolecular Hbond substituents is 1. The van der Waals surface area contributed by atoms with Crippen molar-refractivity contribution < 1.29 is 14.8 Å². The van der Waals surface area contributed by atoms with Gasteiger partial charge in [-0.1, -0.05) is 6.07 Å². The molecule has 0 radical (unpaired) electrons. The summed E-state index contributed by atoms with van der Waals surface area (Å²) in [4.78, 5) is 28.5. The molecule has 0 aliphatic heterocycles. The van der Waals surface area contributed by atoms with Crippen molar-refractivity contribution in [3.05, 3.63) is 64.0 Å². The van der Waals surface area contributed by atoms with Crippen LogP contribution in [0.5, 0.6) is 5.75 Å². The lowest BCUT2D eigenvalue weighted by atomic mass is 10.1. The lowest BCUT2D eigenvalue weighted by molar-refractivity contribution is -0.385. The predicted octanol–water partition coefficient (Wildman–Crippen LogP) is 2.92. The smallest absolute Gasteiger partial charge is 0.311 e. The normalized spacial score (nSPS) is 11.7. The average Bonchev–Trinajstić information content (AvgIpc) is 2.56. The second-order valence-corrected chi connectivity index (χ2v) is 5.01.